The summed E-state index contributed by atoms with van der Waals surface area (Å²) in [6.07, 6.45) is 1.73. The Balaban J connectivity index is 1.77. The molecule has 1 unspecified atom stereocenters. The first-order valence-corrected chi connectivity index (χ1v) is 9.40. The number of nitrogen functional groups attached to an aromatic ring is 1. The van der Waals surface area contributed by atoms with E-state index in [0.29, 0.717) is 45.9 Å². The second-order valence-corrected chi connectivity index (χ2v) is 7.08. The van der Waals surface area contributed by atoms with E-state index in [1.54, 1.807) is 43.3 Å². The number of nitrogens with two attached hydrogens (primary N) is 1. The van der Waals surface area contributed by atoms with Crippen molar-refractivity contribution in [3.05, 3.63) is 82.4 Å². The summed E-state index contributed by atoms with van der Waals surface area (Å²) in [7, 11) is 0. The first-order valence-electron chi connectivity index (χ1n) is 9.40. The van der Waals surface area contributed by atoms with Crippen LogP contribution in [0.25, 0.3) is 0 Å². The number of hydrogen-bond acceptors (Lipinski definition) is 6. The average molecular weight is 418 g/mol. The van der Waals surface area contributed by atoms with Crippen molar-refractivity contribution in [1.82, 2.24) is 9.78 Å². The van der Waals surface area contributed by atoms with Crippen LogP contribution in [0.2, 0.25) is 0 Å². The summed E-state index contributed by atoms with van der Waals surface area (Å²) in [6.45, 7) is 1.74. The van der Waals surface area contributed by atoms with Crippen LogP contribution in [0.4, 0.5) is 21.6 Å². The fraction of sp³-hybridized carbons (Fsp3) is 0.0909. The van der Waals surface area contributed by atoms with E-state index in [2.05, 4.69) is 15.7 Å². The van der Waals surface area contributed by atoms with E-state index in [-0.39, 0.29) is 5.69 Å². The van der Waals surface area contributed by atoms with Crippen molar-refractivity contribution in [2.45, 2.75) is 13.0 Å². The molecule has 0 saturated carbocycles. The van der Waals surface area contributed by atoms with Gasteiger partial charge in [0.1, 0.15) is 23.4 Å². The second kappa shape index (κ2) is 7.86. The van der Waals surface area contributed by atoms with Gasteiger partial charge in [-0.15, -0.1) is 0 Å². The lowest BCUT2D eigenvalue weighted by Crippen LogP contribution is -2.31. The fourth-order valence-corrected chi connectivity index (χ4v) is 3.57. The van der Waals surface area contributed by atoms with Crippen LogP contribution in [0, 0.1) is 11.2 Å². The zero-order chi connectivity index (χ0) is 22.1. The molecule has 0 fully saturated rings. The topological polar surface area (TPSA) is 126 Å². The Hall–Kier alpha value is -4.27. The standard InChI is InChI=1S/C22H19FN6O2/c1-12-20(22(31)27-16-6-7-18(25)14(8-16)10-24)21(13-2-4-15(23)5-3-13)29-19(26-12)9-17(11-30)28-29/h2-11,21,24,26H,25H2,1H3,(H,27,31). The van der Waals surface area contributed by atoms with Gasteiger partial charge in [-0.1, -0.05) is 12.1 Å². The van der Waals surface area contributed by atoms with Gasteiger partial charge in [0.25, 0.3) is 5.91 Å². The predicted molar refractivity (Wildman–Crippen MR) is 116 cm³/mol. The number of nitrogens with zero attached hydrogens (tertiary/aromatic N) is 2. The SMILES string of the molecule is CC1=C(C(=O)Nc2ccc(N)c(C=N)c2)C(c2ccc(F)cc2)n2nc(C=O)cc2N1. The summed E-state index contributed by atoms with van der Waals surface area (Å²) < 4.78 is 15.1. The summed E-state index contributed by atoms with van der Waals surface area (Å²) >= 11 is 0. The monoisotopic (exact) mass is 418 g/mol. The van der Waals surface area contributed by atoms with Crippen LogP contribution in [0.5, 0.6) is 0 Å². The van der Waals surface area contributed by atoms with Crippen molar-refractivity contribution >= 4 is 35.6 Å². The zero-order valence-corrected chi connectivity index (χ0v) is 16.5. The number of anilines is 3. The average Bonchev–Trinajstić information content (AvgIpc) is 3.17. The molecule has 1 aromatic heterocycles. The Labute approximate surface area is 177 Å². The Morgan fingerprint density at radius 2 is 2.00 bits per heavy atom. The molecular formula is C22H19FN6O2. The Morgan fingerprint density at radius 1 is 1.26 bits per heavy atom. The summed E-state index contributed by atoms with van der Waals surface area (Å²) in [5.74, 6) is -0.266. The van der Waals surface area contributed by atoms with Crippen molar-refractivity contribution in [2.75, 3.05) is 16.4 Å². The minimum atomic E-state index is -0.679. The Morgan fingerprint density at radius 3 is 2.68 bits per heavy atom. The molecule has 1 amide bonds. The number of aldehydes is 1. The summed E-state index contributed by atoms with van der Waals surface area (Å²) in [5, 5.41) is 17.7. The van der Waals surface area contributed by atoms with E-state index in [9.17, 15) is 14.0 Å². The number of benzene rings is 2. The minimum Gasteiger partial charge on any atom is -0.398 e. The molecule has 8 nitrogen and oxygen atoms in total. The molecule has 9 heteroatoms. The molecule has 0 spiro atoms. The largest absolute Gasteiger partial charge is 0.398 e. The van der Waals surface area contributed by atoms with E-state index >= 15 is 0 Å². The van der Waals surface area contributed by atoms with Crippen LogP contribution in [-0.2, 0) is 4.79 Å². The molecule has 1 aliphatic heterocycles. The lowest BCUT2D eigenvalue weighted by atomic mass is 9.94. The van der Waals surface area contributed by atoms with Crippen molar-refractivity contribution in [3.63, 3.8) is 0 Å². The van der Waals surface area contributed by atoms with Gasteiger partial charge in [-0.2, -0.15) is 5.10 Å². The number of amides is 1. The van der Waals surface area contributed by atoms with Crippen LogP contribution < -0.4 is 16.4 Å². The lowest BCUT2D eigenvalue weighted by molar-refractivity contribution is -0.113. The molecule has 0 saturated heterocycles. The third-order valence-corrected chi connectivity index (χ3v) is 5.04. The minimum absolute atomic E-state index is 0.207. The highest BCUT2D eigenvalue weighted by Gasteiger charge is 2.33. The fourth-order valence-electron chi connectivity index (χ4n) is 3.57. The Bertz CT molecular complexity index is 1230. The molecule has 5 N–H and O–H groups in total. The highest BCUT2D eigenvalue weighted by molar-refractivity contribution is 6.06. The number of nitrogens with one attached hydrogen (secondary N) is 3. The third-order valence-electron chi connectivity index (χ3n) is 5.04. The van der Waals surface area contributed by atoms with Crippen molar-refractivity contribution in [3.8, 4) is 0 Å². The molecule has 156 valence electrons. The number of allylic oxidation sites excluding steroid dienone is 1. The van der Waals surface area contributed by atoms with Crippen LogP contribution in [0.3, 0.4) is 0 Å². The maximum atomic E-state index is 13.5. The van der Waals surface area contributed by atoms with Gasteiger partial charge in [-0.05, 0) is 42.8 Å². The van der Waals surface area contributed by atoms with E-state index in [4.69, 9.17) is 11.1 Å². The highest BCUT2D eigenvalue weighted by atomic mass is 19.1. The molecule has 31 heavy (non-hydrogen) atoms. The molecule has 0 aliphatic carbocycles. The number of hydrogen-bond donors (Lipinski definition) is 4. The van der Waals surface area contributed by atoms with Gasteiger partial charge >= 0.3 is 0 Å². The van der Waals surface area contributed by atoms with E-state index in [1.165, 1.54) is 16.8 Å². The third kappa shape index (κ3) is 3.68. The van der Waals surface area contributed by atoms with Crippen LogP contribution >= 0.6 is 0 Å². The van der Waals surface area contributed by atoms with Crippen molar-refractivity contribution < 1.29 is 14.0 Å². The van der Waals surface area contributed by atoms with Crippen LogP contribution in [-0.4, -0.2) is 28.2 Å². The van der Waals surface area contributed by atoms with Crippen molar-refractivity contribution in [2.24, 2.45) is 0 Å². The molecular weight excluding hydrogens is 399 g/mol. The molecule has 2 aromatic carbocycles. The van der Waals surface area contributed by atoms with Gasteiger partial charge < -0.3 is 21.8 Å². The quantitative estimate of drug-likeness (QED) is 0.287. The smallest absolute Gasteiger partial charge is 0.255 e. The predicted octanol–water partition coefficient (Wildman–Crippen LogP) is 3.34. The summed E-state index contributed by atoms with van der Waals surface area (Å²) in [6, 6.07) is 11.5. The summed E-state index contributed by atoms with van der Waals surface area (Å²) in [4.78, 5) is 24.6. The first kappa shape index (κ1) is 20.0. The van der Waals surface area contributed by atoms with E-state index in [0.717, 1.165) is 6.21 Å². The number of carbonyl (C=O) groups excluding carboxylic acids is 2. The number of halogens is 1. The zero-order valence-electron chi connectivity index (χ0n) is 16.5. The van der Waals surface area contributed by atoms with Crippen molar-refractivity contribution in [1.29, 1.82) is 5.41 Å². The van der Waals surface area contributed by atoms with E-state index in [1.807, 2.05) is 0 Å². The highest BCUT2D eigenvalue weighted by Crippen LogP contribution is 2.36. The maximum absolute atomic E-state index is 13.5. The molecule has 2 heterocycles. The normalized spacial score (nSPS) is 15.1. The molecule has 3 aromatic rings. The number of carbonyl (C=O) groups is 2. The maximum Gasteiger partial charge on any atom is 0.255 e. The van der Waals surface area contributed by atoms with Gasteiger partial charge in [-0.3, -0.25) is 9.59 Å². The number of fused-ring (bicyclic) bond motifs is 1. The molecule has 1 aliphatic rings. The number of rotatable bonds is 5. The number of aromatic nitrogens is 2. The summed E-state index contributed by atoms with van der Waals surface area (Å²) in [5.41, 5.74) is 8.95. The van der Waals surface area contributed by atoms with Gasteiger partial charge in [0.2, 0.25) is 0 Å². The van der Waals surface area contributed by atoms with E-state index < -0.39 is 17.8 Å². The van der Waals surface area contributed by atoms with Gasteiger partial charge in [0, 0.05) is 34.9 Å². The van der Waals surface area contributed by atoms with Gasteiger partial charge in [-0.25, -0.2) is 9.07 Å². The Kier molecular flexibility index (Phi) is 5.08. The van der Waals surface area contributed by atoms with Gasteiger partial charge in [0.05, 0.1) is 5.57 Å². The molecule has 4 rings (SSSR count). The van der Waals surface area contributed by atoms with Gasteiger partial charge in [0.15, 0.2) is 6.29 Å². The van der Waals surface area contributed by atoms with Crippen LogP contribution in [0.1, 0.15) is 34.6 Å². The molecule has 1 atom stereocenters. The first-order chi connectivity index (χ1) is 14.9. The molecule has 0 radical (unpaired) electrons. The molecule has 0 bridgehead atoms. The second-order valence-electron chi connectivity index (χ2n) is 7.08. The lowest BCUT2D eigenvalue weighted by Gasteiger charge is -2.29. The van der Waals surface area contributed by atoms with Crippen LogP contribution in [0.15, 0.2) is 59.8 Å².